The molecule has 0 spiro atoms. The molecule has 150 valence electrons. The second-order valence-electron chi connectivity index (χ2n) is 7.60. The molecular formula is C24H25ClN2O2. The molecule has 29 heavy (non-hydrogen) atoms. The first kappa shape index (κ1) is 20.9. The van der Waals surface area contributed by atoms with E-state index in [4.69, 9.17) is 11.6 Å². The number of rotatable bonds is 6. The number of nitrogens with one attached hydrogen (secondary N) is 1. The lowest BCUT2D eigenvalue weighted by atomic mass is 10.00. The molecule has 1 aromatic heterocycles. The minimum atomic E-state index is -0.373. The van der Waals surface area contributed by atoms with Crippen LogP contribution in [0.4, 0.5) is 5.69 Å². The first-order valence-electron chi connectivity index (χ1n) is 9.69. The second kappa shape index (κ2) is 9.10. The van der Waals surface area contributed by atoms with Gasteiger partial charge in [-0.3, -0.25) is 9.59 Å². The van der Waals surface area contributed by atoms with Gasteiger partial charge in [0.15, 0.2) is 5.43 Å². The van der Waals surface area contributed by atoms with Gasteiger partial charge < -0.3 is 9.88 Å². The van der Waals surface area contributed by atoms with Crippen LogP contribution in [0.5, 0.6) is 0 Å². The summed E-state index contributed by atoms with van der Waals surface area (Å²) in [4.78, 5) is 25.9. The molecule has 0 aliphatic carbocycles. The Morgan fingerprint density at radius 1 is 1.07 bits per heavy atom. The Labute approximate surface area is 176 Å². The van der Waals surface area contributed by atoms with Gasteiger partial charge >= 0.3 is 0 Å². The van der Waals surface area contributed by atoms with Crippen molar-refractivity contribution in [2.45, 2.75) is 33.7 Å². The Morgan fingerprint density at radius 2 is 1.72 bits per heavy atom. The monoisotopic (exact) mass is 408 g/mol. The summed E-state index contributed by atoms with van der Waals surface area (Å²) in [6.45, 7) is 6.63. The van der Waals surface area contributed by atoms with Crippen LogP contribution in [0.3, 0.4) is 0 Å². The number of benzene rings is 2. The summed E-state index contributed by atoms with van der Waals surface area (Å²) in [6, 6.07) is 18.3. The van der Waals surface area contributed by atoms with Crippen molar-refractivity contribution in [1.82, 2.24) is 4.57 Å². The SMILES string of the molecule is Cc1cc(=O)c(C(=O)Nc2ccccc2)c(CC(C)C)n1Cc1ccc(Cl)cc1. The highest BCUT2D eigenvalue weighted by atomic mass is 35.5. The fraction of sp³-hybridized carbons (Fsp3) is 0.250. The predicted molar refractivity (Wildman–Crippen MR) is 119 cm³/mol. The van der Waals surface area contributed by atoms with Gasteiger partial charge in [0.1, 0.15) is 5.56 Å². The van der Waals surface area contributed by atoms with Crippen LogP contribution in [-0.4, -0.2) is 10.5 Å². The van der Waals surface area contributed by atoms with Crippen molar-refractivity contribution in [3.8, 4) is 0 Å². The maximum atomic E-state index is 13.1. The van der Waals surface area contributed by atoms with Crippen molar-refractivity contribution in [3.63, 3.8) is 0 Å². The normalized spacial score (nSPS) is 10.9. The number of para-hydroxylation sites is 1. The van der Waals surface area contributed by atoms with Crippen LogP contribution in [0.15, 0.2) is 65.5 Å². The van der Waals surface area contributed by atoms with Crippen LogP contribution in [-0.2, 0) is 13.0 Å². The van der Waals surface area contributed by atoms with E-state index >= 15 is 0 Å². The Bertz CT molecular complexity index is 1050. The van der Waals surface area contributed by atoms with Gasteiger partial charge in [-0.15, -0.1) is 0 Å². The number of aromatic nitrogens is 1. The molecule has 3 rings (SSSR count). The lowest BCUT2D eigenvalue weighted by Crippen LogP contribution is -2.29. The van der Waals surface area contributed by atoms with Crippen LogP contribution in [0.2, 0.25) is 5.02 Å². The maximum Gasteiger partial charge on any atom is 0.261 e. The molecule has 2 aromatic carbocycles. The number of nitrogens with zero attached hydrogens (tertiary/aromatic N) is 1. The number of anilines is 1. The van der Waals surface area contributed by atoms with Gasteiger partial charge in [0.2, 0.25) is 0 Å². The summed E-state index contributed by atoms with van der Waals surface area (Å²) < 4.78 is 2.06. The summed E-state index contributed by atoms with van der Waals surface area (Å²) in [5.74, 6) is -0.0855. The molecule has 1 heterocycles. The van der Waals surface area contributed by atoms with Gasteiger partial charge in [-0.05, 0) is 49.1 Å². The highest BCUT2D eigenvalue weighted by molar-refractivity contribution is 6.30. The number of carbonyl (C=O) groups is 1. The Kier molecular flexibility index (Phi) is 6.55. The van der Waals surface area contributed by atoms with Crippen LogP contribution in [0, 0.1) is 12.8 Å². The zero-order valence-electron chi connectivity index (χ0n) is 16.9. The molecule has 1 N–H and O–H groups in total. The zero-order chi connectivity index (χ0) is 21.0. The quantitative estimate of drug-likeness (QED) is 0.600. The molecule has 3 aromatic rings. The molecular weight excluding hydrogens is 384 g/mol. The molecule has 5 heteroatoms. The molecule has 0 fully saturated rings. The van der Waals surface area contributed by atoms with Crippen molar-refractivity contribution in [1.29, 1.82) is 0 Å². The Hall–Kier alpha value is -2.85. The molecule has 0 atom stereocenters. The van der Waals surface area contributed by atoms with Gasteiger partial charge in [-0.2, -0.15) is 0 Å². The smallest absolute Gasteiger partial charge is 0.261 e. The molecule has 4 nitrogen and oxygen atoms in total. The Morgan fingerprint density at radius 3 is 2.34 bits per heavy atom. The average Bonchev–Trinajstić information content (AvgIpc) is 2.66. The standard InChI is InChI=1S/C24H25ClN2O2/c1-16(2)13-21-23(24(29)26-20-7-5-4-6-8-20)22(28)14-17(3)27(21)15-18-9-11-19(25)12-10-18/h4-12,14,16H,13,15H2,1-3H3,(H,26,29). The van der Waals surface area contributed by atoms with Crippen LogP contribution in [0.1, 0.15) is 41.2 Å². The molecule has 0 aliphatic heterocycles. The third kappa shape index (κ3) is 5.15. The third-order valence-electron chi connectivity index (χ3n) is 4.74. The van der Waals surface area contributed by atoms with E-state index in [9.17, 15) is 9.59 Å². The largest absolute Gasteiger partial charge is 0.343 e. The first-order valence-corrected chi connectivity index (χ1v) is 10.1. The van der Waals surface area contributed by atoms with Gasteiger partial charge in [0.25, 0.3) is 5.91 Å². The second-order valence-corrected chi connectivity index (χ2v) is 8.04. The van der Waals surface area contributed by atoms with Gasteiger partial charge in [-0.1, -0.05) is 55.8 Å². The zero-order valence-corrected chi connectivity index (χ0v) is 17.7. The molecule has 0 saturated heterocycles. The molecule has 0 bridgehead atoms. The van der Waals surface area contributed by atoms with Crippen LogP contribution < -0.4 is 10.7 Å². The summed E-state index contributed by atoms with van der Waals surface area (Å²) in [7, 11) is 0. The number of hydrogen-bond acceptors (Lipinski definition) is 2. The van der Waals surface area contributed by atoms with Crippen molar-refractivity contribution in [3.05, 3.63) is 98.4 Å². The lowest BCUT2D eigenvalue weighted by Gasteiger charge is -2.21. The van der Waals surface area contributed by atoms with E-state index in [-0.39, 0.29) is 22.8 Å². The highest BCUT2D eigenvalue weighted by Crippen LogP contribution is 2.19. The van der Waals surface area contributed by atoms with Crippen LogP contribution in [0.25, 0.3) is 0 Å². The minimum Gasteiger partial charge on any atom is -0.343 e. The number of hydrogen-bond donors (Lipinski definition) is 1. The summed E-state index contributed by atoms with van der Waals surface area (Å²) in [5, 5.41) is 3.54. The lowest BCUT2D eigenvalue weighted by molar-refractivity contribution is 0.102. The number of amides is 1. The predicted octanol–water partition coefficient (Wildman–Crippen LogP) is 5.31. The van der Waals surface area contributed by atoms with E-state index in [1.54, 1.807) is 18.2 Å². The average molecular weight is 409 g/mol. The Balaban J connectivity index is 2.07. The van der Waals surface area contributed by atoms with Gasteiger partial charge in [0, 0.05) is 34.7 Å². The van der Waals surface area contributed by atoms with Crippen molar-refractivity contribution >= 4 is 23.2 Å². The highest BCUT2D eigenvalue weighted by Gasteiger charge is 2.21. The molecule has 0 saturated carbocycles. The topological polar surface area (TPSA) is 51.1 Å². The van der Waals surface area contributed by atoms with E-state index in [0.29, 0.717) is 23.7 Å². The fourth-order valence-electron chi connectivity index (χ4n) is 3.38. The maximum absolute atomic E-state index is 13.1. The third-order valence-corrected chi connectivity index (χ3v) is 4.99. The number of aryl methyl sites for hydroxylation is 1. The van der Waals surface area contributed by atoms with Crippen molar-refractivity contribution in [2.24, 2.45) is 5.92 Å². The minimum absolute atomic E-state index is 0.210. The summed E-state index contributed by atoms with van der Waals surface area (Å²) in [6.07, 6.45) is 0.627. The van der Waals surface area contributed by atoms with Crippen molar-refractivity contribution in [2.75, 3.05) is 5.32 Å². The van der Waals surface area contributed by atoms with E-state index in [1.807, 2.05) is 49.4 Å². The molecule has 1 amide bonds. The van der Waals surface area contributed by atoms with E-state index in [2.05, 4.69) is 23.7 Å². The first-order chi connectivity index (χ1) is 13.8. The van der Waals surface area contributed by atoms with Gasteiger partial charge in [0.05, 0.1) is 0 Å². The molecule has 0 radical (unpaired) electrons. The van der Waals surface area contributed by atoms with E-state index in [0.717, 1.165) is 17.0 Å². The number of carbonyl (C=O) groups excluding carboxylic acids is 1. The molecule has 0 aliphatic rings. The fourth-order valence-corrected chi connectivity index (χ4v) is 3.51. The number of halogens is 1. The van der Waals surface area contributed by atoms with Crippen molar-refractivity contribution < 1.29 is 4.79 Å². The van der Waals surface area contributed by atoms with E-state index in [1.165, 1.54) is 0 Å². The van der Waals surface area contributed by atoms with Crippen LogP contribution >= 0.6 is 11.6 Å². The van der Waals surface area contributed by atoms with E-state index < -0.39 is 0 Å². The number of pyridine rings is 1. The summed E-state index contributed by atoms with van der Waals surface area (Å²) in [5.41, 5.74) is 3.27. The van der Waals surface area contributed by atoms with Gasteiger partial charge in [-0.25, -0.2) is 0 Å². The summed E-state index contributed by atoms with van der Waals surface area (Å²) >= 11 is 6.01. The molecule has 0 unspecified atom stereocenters.